The summed E-state index contributed by atoms with van der Waals surface area (Å²) in [4.78, 5) is 7.70. The molecule has 0 bridgehead atoms. The average molecular weight is 230 g/mol. The molecule has 0 atom stereocenters. The Bertz CT molecular complexity index is 536. The molecule has 1 aromatic carbocycles. The maximum Gasteiger partial charge on any atom is 0.0932 e. The zero-order valence-corrected chi connectivity index (χ0v) is 11.7. The van der Waals surface area contributed by atoms with Crippen LogP contribution in [0.1, 0.15) is 52.7 Å². The summed E-state index contributed by atoms with van der Waals surface area (Å²) in [5.41, 5.74) is 5.26. The number of H-pyrrole nitrogens is 1. The van der Waals surface area contributed by atoms with E-state index in [0.29, 0.717) is 0 Å². The smallest absolute Gasteiger partial charge is 0.0932 e. The number of hydrogen-bond donors (Lipinski definition) is 1. The van der Waals surface area contributed by atoms with Gasteiger partial charge in [0.15, 0.2) is 0 Å². The van der Waals surface area contributed by atoms with E-state index in [1.807, 2.05) is 0 Å². The summed E-state index contributed by atoms with van der Waals surface area (Å²) >= 11 is 0. The Hall–Kier alpha value is -1.31. The van der Waals surface area contributed by atoms with Crippen molar-refractivity contribution in [3.8, 4) is 0 Å². The molecule has 2 nitrogen and oxygen atoms in total. The van der Waals surface area contributed by atoms with Crippen molar-refractivity contribution >= 4 is 11.0 Å². The second-order valence-electron chi connectivity index (χ2n) is 6.79. The topological polar surface area (TPSA) is 28.7 Å². The van der Waals surface area contributed by atoms with Gasteiger partial charge in [-0.3, -0.25) is 0 Å². The summed E-state index contributed by atoms with van der Waals surface area (Å²) in [6, 6.07) is 4.37. The highest BCUT2D eigenvalue weighted by Gasteiger charge is 2.27. The molecule has 0 spiro atoms. The molecule has 0 saturated carbocycles. The number of imidazole rings is 1. The first-order valence-corrected chi connectivity index (χ1v) is 6.18. The quantitative estimate of drug-likeness (QED) is 0.723. The molecule has 0 aliphatic heterocycles. The van der Waals surface area contributed by atoms with Crippen molar-refractivity contribution in [2.45, 2.75) is 52.4 Å². The zero-order chi connectivity index (χ0) is 12.8. The van der Waals surface area contributed by atoms with Crippen LogP contribution < -0.4 is 0 Å². The number of hydrogen-bond acceptors (Lipinski definition) is 1. The van der Waals surface area contributed by atoms with Crippen LogP contribution in [0.15, 0.2) is 18.5 Å². The van der Waals surface area contributed by atoms with Crippen molar-refractivity contribution in [1.29, 1.82) is 0 Å². The summed E-state index contributed by atoms with van der Waals surface area (Å²) < 4.78 is 0. The van der Waals surface area contributed by atoms with Crippen LogP contribution in [0.2, 0.25) is 0 Å². The van der Waals surface area contributed by atoms with Crippen LogP contribution in [0, 0.1) is 0 Å². The lowest BCUT2D eigenvalue weighted by Crippen LogP contribution is -2.22. The van der Waals surface area contributed by atoms with E-state index in [1.54, 1.807) is 6.33 Å². The molecule has 0 amide bonds. The van der Waals surface area contributed by atoms with Gasteiger partial charge in [0, 0.05) is 0 Å². The summed E-state index contributed by atoms with van der Waals surface area (Å²) in [6.45, 7) is 13.5. The van der Waals surface area contributed by atoms with Gasteiger partial charge in [0.1, 0.15) is 0 Å². The average Bonchev–Trinajstić information content (AvgIpc) is 2.59. The molecule has 1 N–H and O–H groups in total. The second kappa shape index (κ2) is 3.59. The monoisotopic (exact) mass is 230 g/mol. The van der Waals surface area contributed by atoms with E-state index in [9.17, 15) is 0 Å². The highest BCUT2D eigenvalue weighted by Crippen LogP contribution is 2.37. The largest absolute Gasteiger partial charge is 0.345 e. The number of fused-ring (bicyclic) bond motifs is 1. The number of nitrogens with one attached hydrogen (secondary N) is 1. The molecule has 1 heterocycles. The fraction of sp³-hybridized carbons (Fsp3) is 0.533. The molecule has 2 aromatic rings. The van der Waals surface area contributed by atoms with E-state index in [2.05, 4.69) is 63.6 Å². The lowest BCUT2D eigenvalue weighted by molar-refractivity contribution is 0.534. The number of aromatic amines is 1. The van der Waals surface area contributed by atoms with Crippen molar-refractivity contribution in [2.24, 2.45) is 0 Å². The van der Waals surface area contributed by atoms with E-state index in [4.69, 9.17) is 0 Å². The van der Waals surface area contributed by atoms with Crippen molar-refractivity contribution in [3.63, 3.8) is 0 Å². The van der Waals surface area contributed by atoms with Gasteiger partial charge >= 0.3 is 0 Å². The lowest BCUT2D eigenvalue weighted by atomic mass is 9.74. The summed E-state index contributed by atoms with van der Waals surface area (Å²) in [5, 5.41) is 0. The van der Waals surface area contributed by atoms with Gasteiger partial charge in [-0.2, -0.15) is 0 Å². The molecule has 0 saturated heterocycles. The highest BCUT2D eigenvalue weighted by atomic mass is 14.9. The predicted octanol–water partition coefficient (Wildman–Crippen LogP) is 4.16. The molecule has 2 rings (SSSR count). The lowest BCUT2D eigenvalue weighted by Gasteiger charge is -2.30. The third kappa shape index (κ3) is 2.08. The standard InChI is InChI=1S/C15H22N2/c1-14(2,3)10-7-8-11-13(17-9-16-11)12(10)15(4,5)6/h7-9H,1-6H3,(H,16,17). The van der Waals surface area contributed by atoms with Crippen LogP contribution in [-0.2, 0) is 10.8 Å². The maximum atomic E-state index is 4.50. The van der Waals surface area contributed by atoms with Crippen LogP contribution in [-0.4, -0.2) is 9.97 Å². The molecular formula is C15H22N2. The SMILES string of the molecule is CC(C)(C)c1ccc2[nH]cnc2c1C(C)(C)C. The molecule has 92 valence electrons. The molecule has 0 aliphatic rings. The normalized spacial score (nSPS) is 13.3. The third-order valence-electron chi connectivity index (χ3n) is 3.15. The summed E-state index contributed by atoms with van der Waals surface area (Å²) in [5.74, 6) is 0. The summed E-state index contributed by atoms with van der Waals surface area (Å²) in [7, 11) is 0. The Morgan fingerprint density at radius 1 is 0.941 bits per heavy atom. The van der Waals surface area contributed by atoms with Gasteiger partial charge in [-0.05, 0) is 28.0 Å². The van der Waals surface area contributed by atoms with Gasteiger partial charge in [-0.25, -0.2) is 4.98 Å². The van der Waals surface area contributed by atoms with Gasteiger partial charge < -0.3 is 4.98 Å². The van der Waals surface area contributed by atoms with Gasteiger partial charge in [-0.1, -0.05) is 47.6 Å². The first-order chi connectivity index (χ1) is 7.71. The molecule has 2 heteroatoms. The van der Waals surface area contributed by atoms with Gasteiger partial charge in [0.05, 0.1) is 17.4 Å². The minimum atomic E-state index is 0.108. The van der Waals surface area contributed by atoms with E-state index in [1.165, 1.54) is 11.1 Å². The molecule has 17 heavy (non-hydrogen) atoms. The van der Waals surface area contributed by atoms with Gasteiger partial charge in [-0.15, -0.1) is 0 Å². The Balaban J connectivity index is 2.85. The highest BCUT2D eigenvalue weighted by molar-refractivity contribution is 5.81. The molecule has 0 aliphatic carbocycles. The Morgan fingerprint density at radius 2 is 1.59 bits per heavy atom. The van der Waals surface area contributed by atoms with E-state index >= 15 is 0 Å². The van der Waals surface area contributed by atoms with Crippen molar-refractivity contribution in [3.05, 3.63) is 29.6 Å². The molecule has 0 radical (unpaired) electrons. The number of benzene rings is 1. The zero-order valence-electron chi connectivity index (χ0n) is 11.7. The first kappa shape index (κ1) is 12.2. The fourth-order valence-corrected chi connectivity index (χ4v) is 2.39. The summed E-state index contributed by atoms with van der Waals surface area (Å²) in [6.07, 6.45) is 1.78. The predicted molar refractivity (Wildman–Crippen MR) is 73.5 cm³/mol. The molecule has 0 unspecified atom stereocenters. The van der Waals surface area contributed by atoms with Crippen LogP contribution in [0.3, 0.4) is 0 Å². The second-order valence-corrected chi connectivity index (χ2v) is 6.79. The minimum absolute atomic E-state index is 0.108. The van der Waals surface area contributed by atoms with Crippen LogP contribution in [0.4, 0.5) is 0 Å². The van der Waals surface area contributed by atoms with Gasteiger partial charge in [0.2, 0.25) is 0 Å². The first-order valence-electron chi connectivity index (χ1n) is 6.18. The fourth-order valence-electron chi connectivity index (χ4n) is 2.39. The maximum absolute atomic E-state index is 4.50. The number of nitrogens with zero attached hydrogens (tertiary/aromatic N) is 1. The number of aromatic nitrogens is 2. The van der Waals surface area contributed by atoms with Crippen LogP contribution in [0.25, 0.3) is 11.0 Å². The van der Waals surface area contributed by atoms with Crippen molar-refractivity contribution in [1.82, 2.24) is 9.97 Å². The Labute approximate surface area is 103 Å². The van der Waals surface area contributed by atoms with Crippen molar-refractivity contribution < 1.29 is 0 Å². The van der Waals surface area contributed by atoms with Gasteiger partial charge in [0.25, 0.3) is 0 Å². The van der Waals surface area contributed by atoms with E-state index < -0.39 is 0 Å². The van der Waals surface area contributed by atoms with Crippen LogP contribution >= 0.6 is 0 Å². The Kier molecular flexibility index (Phi) is 2.57. The molecule has 0 fully saturated rings. The van der Waals surface area contributed by atoms with E-state index in [0.717, 1.165) is 11.0 Å². The minimum Gasteiger partial charge on any atom is -0.345 e. The number of rotatable bonds is 0. The Morgan fingerprint density at radius 3 is 2.12 bits per heavy atom. The molecular weight excluding hydrogens is 208 g/mol. The van der Waals surface area contributed by atoms with E-state index in [-0.39, 0.29) is 10.8 Å². The van der Waals surface area contributed by atoms with Crippen LogP contribution in [0.5, 0.6) is 0 Å². The third-order valence-corrected chi connectivity index (χ3v) is 3.15. The molecule has 1 aromatic heterocycles. The van der Waals surface area contributed by atoms with Crippen molar-refractivity contribution in [2.75, 3.05) is 0 Å².